The smallest absolute Gasteiger partial charge is 0.323 e. The molecule has 0 aliphatic rings. The molecular weight excluding hydrogens is 323 g/mol. The highest BCUT2D eigenvalue weighted by Crippen LogP contribution is 2.37. The standard InChI is InChI=1S/C13H7Cl3N2O2/c14-6-2-1-3-10(12(6)16)20-11-5-9-8(4-7(11)15)17-13(19)18-9/h1-5H,(H2,17,18,19). The minimum atomic E-state index is -0.311. The molecular formula is C13H7Cl3N2O2. The van der Waals surface area contributed by atoms with Gasteiger partial charge in [0, 0.05) is 6.07 Å². The first-order valence-electron chi connectivity index (χ1n) is 5.58. The lowest BCUT2D eigenvalue weighted by molar-refractivity contribution is 0.484. The molecule has 3 rings (SSSR count). The summed E-state index contributed by atoms with van der Waals surface area (Å²) in [6, 6.07) is 8.27. The number of H-pyrrole nitrogens is 2. The number of hydrogen-bond donors (Lipinski definition) is 2. The number of imidazole rings is 1. The fourth-order valence-corrected chi connectivity index (χ4v) is 2.33. The molecule has 0 radical (unpaired) electrons. The fraction of sp³-hybridized carbons (Fsp3) is 0. The minimum Gasteiger partial charge on any atom is -0.454 e. The summed E-state index contributed by atoms with van der Waals surface area (Å²) in [5.41, 5.74) is 0.881. The van der Waals surface area contributed by atoms with Gasteiger partial charge >= 0.3 is 5.69 Å². The molecule has 2 N–H and O–H groups in total. The fourth-order valence-electron chi connectivity index (χ4n) is 1.80. The molecule has 0 aliphatic carbocycles. The van der Waals surface area contributed by atoms with E-state index in [2.05, 4.69) is 9.97 Å². The van der Waals surface area contributed by atoms with Crippen molar-refractivity contribution < 1.29 is 4.74 Å². The number of aromatic amines is 2. The number of nitrogens with one attached hydrogen (secondary N) is 2. The van der Waals surface area contributed by atoms with Crippen molar-refractivity contribution in [1.29, 1.82) is 0 Å². The average Bonchev–Trinajstić information content (AvgIpc) is 2.74. The molecule has 0 spiro atoms. The molecule has 0 amide bonds. The summed E-state index contributed by atoms with van der Waals surface area (Å²) < 4.78 is 5.65. The van der Waals surface area contributed by atoms with E-state index in [0.717, 1.165) is 0 Å². The summed E-state index contributed by atoms with van der Waals surface area (Å²) in [6.45, 7) is 0. The molecule has 0 saturated heterocycles. The quantitative estimate of drug-likeness (QED) is 0.721. The second-order valence-electron chi connectivity index (χ2n) is 4.06. The van der Waals surface area contributed by atoms with Gasteiger partial charge in [-0.3, -0.25) is 0 Å². The second kappa shape index (κ2) is 5.05. The summed E-state index contributed by atoms with van der Waals surface area (Å²) in [5.74, 6) is 0.761. The van der Waals surface area contributed by atoms with E-state index in [1.54, 1.807) is 30.3 Å². The van der Waals surface area contributed by atoms with Crippen LogP contribution >= 0.6 is 34.8 Å². The van der Waals surface area contributed by atoms with Gasteiger partial charge in [0.05, 0.1) is 21.1 Å². The van der Waals surface area contributed by atoms with Gasteiger partial charge in [0.15, 0.2) is 0 Å². The number of ether oxygens (including phenoxy) is 1. The van der Waals surface area contributed by atoms with Crippen molar-refractivity contribution in [3.05, 3.63) is 55.9 Å². The maximum absolute atomic E-state index is 11.2. The number of halogens is 3. The summed E-state index contributed by atoms with van der Waals surface area (Å²) in [4.78, 5) is 16.5. The minimum absolute atomic E-state index is 0.299. The van der Waals surface area contributed by atoms with Gasteiger partial charge in [0.25, 0.3) is 0 Å². The van der Waals surface area contributed by atoms with E-state index >= 15 is 0 Å². The average molecular weight is 330 g/mol. The largest absolute Gasteiger partial charge is 0.454 e. The highest BCUT2D eigenvalue weighted by atomic mass is 35.5. The highest BCUT2D eigenvalue weighted by Gasteiger charge is 2.11. The van der Waals surface area contributed by atoms with Crippen LogP contribution in [0.3, 0.4) is 0 Å². The van der Waals surface area contributed by atoms with Crippen LogP contribution in [0, 0.1) is 0 Å². The number of aromatic nitrogens is 2. The zero-order chi connectivity index (χ0) is 14.3. The third-order valence-corrected chi connectivity index (χ3v) is 3.80. The Bertz CT molecular complexity index is 854. The van der Waals surface area contributed by atoms with Crippen LogP contribution in [0.4, 0.5) is 0 Å². The molecule has 7 heteroatoms. The molecule has 0 atom stereocenters. The number of rotatable bonds is 2. The van der Waals surface area contributed by atoms with E-state index in [1.165, 1.54) is 0 Å². The van der Waals surface area contributed by atoms with Crippen LogP contribution in [0.5, 0.6) is 11.5 Å². The van der Waals surface area contributed by atoms with Crippen molar-refractivity contribution >= 4 is 45.8 Å². The van der Waals surface area contributed by atoms with Crippen molar-refractivity contribution in [3.63, 3.8) is 0 Å². The van der Waals surface area contributed by atoms with Crippen LogP contribution in [0.2, 0.25) is 15.1 Å². The summed E-state index contributed by atoms with van der Waals surface area (Å²) in [6.07, 6.45) is 0. The predicted octanol–water partition coefficient (Wildman–Crippen LogP) is 4.61. The second-order valence-corrected chi connectivity index (χ2v) is 5.25. The normalized spacial score (nSPS) is 10.9. The van der Waals surface area contributed by atoms with Gasteiger partial charge in [0.1, 0.15) is 16.5 Å². The Kier molecular flexibility index (Phi) is 3.38. The summed E-state index contributed by atoms with van der Waals surface area (Å²) >= 11 is 18.1. The lowest BCUT2D eigenvalue weighted by Gasteiger charge is -2.09. The molecule has 3 aromatic rings. The van der Waals surface area contributed by atoms with Crippen LogP contribution in [0.25, 0.3) is 11.0 Å². The highest BCUT2D eigenvalue weighted by molar-refractivity contribution is 6.43. The molecule has 0 bridgehead atoms. The van der Waals surface area contributed by atoms with Crippen molar-refractivity contribution in [2.45, 2.75) is 0 Å². The Balaban J connectivity index is 2.08. The van der Waals surface area contributed by atoms with Gasteiger partial charge < -0.3 is 14.7 Å². The van der Waals surface area contributed by atoms with E-state index in [9.17, 15) is 4.79 Å². The van der Waals surface area contributed by atoms with Gasteiger partial charge in [-0.2, -0.15) is 0 Å². The Hall–Kier alpha value is -1.62. The Morgan fingerprint density at radius 2 is 1.60 bits per heavy atom. The molecule has 102 valence electrons. The third-order valence-electron chi connectivity index (χ3n) is 2.70. The van der Waals surface area contributed by atoms with Crippen molar-refractivity contribution in [3.8, 4) is 11.5 Å². The summed E-state index contributed by atoms with van der Waals surface area (Å²) in [5, 5.41) is 1.04. The Morgan fingerprint density at radius 3 is 2.35 bits per heavy atom. The molecule has 0 aliphatic heterocycles. The molecule has 0 fully saturated rings. The first-order valence-corrected chi connectivity index (χ1v) is 6.71. The van der Waals surface area contributed by atoms with E-state index in [-0.39, 0.29) is 5.69 Å². The monoisotopic (exact) mass is 328 g/mol. The van der Waals surface area contributed by atoms with Crippen LogP contribution in [0.15, 0.2) is 35.1 Å². The van der Waals surface area contributed by atoms with Crippen LogP contribution in [-0.4, -0.2) is 9.97 Å². The molecule has 1 aromatic heterocycles. The molecule has 0 saturated carbocycles. The zero-order valence-corrected chi connectivity index (χ0v) is 12.1. The van der Waals surface area contributed by atoms with Gasteiger partial charge in [0.2, 0.25) is 0 Å². The van der Waals surface area contributed by atoms with Crippen LogP contribution in [0.1, 0.15) is 0 Å². The molecule has 2 aromatic carbocycles. The first kappa shape index (κ1) is 13.4. The van der Waals surface area contributed by atoms with Gasteiger partial charge in [-0.15, -0.1) is 0 Å². The first-order chi connectivity index (χ1) is 9.54. The third kappa shape index (κ3) is 2.38. The van der Waals surface area contributed by atoms with Crippen molar-refractivity contribution in [2.24, 2.45) is 0 Å². The number of benzene rings is 2. The predicted molar refractivity (Wildman–Crippen MR) is 80.5 cm³/mol. The molecule has 1 heterocycles. The number of hydrogen-bond acceptors (Lipinski definition) is 2. The van der Waals surface area contributed by atoms with Crippen molar-refractivity contribution in [1.82, 2.24) is 9.97 Å². The van der Waals surface area contributed by atoms with Crippen LogP contribution < -0.4 is 10.4 Å². The Morgan fingerprint density at radius 1 is 0.900 bits per heavy atom. The number of fused-ring (bicyclic) bond motifs is 1. The maximum Gasteiger partial charge on any atom is 0.323 e. The van der Waals surface area contributed by atoms with Gasteiger partial charge in [-0.25, -0.2) is 4.79 Å². The van der Waals surface area contributed by atoms with E-state index in [1.807, 2.05) is 0 Å². The van der Waals surface area contributed by atoms with E-state index in [4.69, 9.17) is 39.5 Å². The molecule has 4 nitrogen and oxygen atoms in total. The lowest BCUT2D eigenvalue weighted by Crippen LogP contribution is -1.99. The zero-order valence-electron chi connectivity index (χ0n) is 9.84. The Labute approximate surface area is 128 Å². The topological polar surface area (TPSA) is 57.9 Å². The summed E-state index contributed by atoms with van der Waals surface area (Å²) in [7, 11) is 0. The van der Waals surface area contributed by atoms with Crippen molar-refractivity contribution in [2.75, 3.05) is 0 Å². The van der Waals surface area contributed by atoms with Gasteiger partial charge in [-0.1, -0.05) is 40.9 Å². The SMILES string of the molecule is O=c1[nH]c2cc(Cl)c(Oc3cccc(Cl)c3Cl)cc2[nH]1. The molecule has 20 heavy (non-hydrogen) atoms. The van der Waals surface area contributed by atoms with Gasteiger partial charge in [-0.05, 0) is 18.2 Å². The van der Waals surface area contributed by atoms with E-state index < -0.39 is 0 Å². The molecule has 0 unspecified atom stereocenters. The van der Waals surface area contributed by atoms with E-state index in [0.29, 0.717) is 37.6 Å². The maximum atomic E-state index is 11.2. The lowest BCUT2D eigenvalue weighted by atomic mass is 10.3. The van der Waals surface area contributed by atoms with Crippen LogP contribution in [-0.2, 0) is 0 Å².